The molecule has 1 aromatic rings. The number of carboxylic acid groups (broad SMARTS) is 1. The second-order valence-electron chi connectivity index (χ2n) is 5.19. The summed E-state index contributed by atoms with van der Waals surface area (Å²) in [5.74, 6) is -0.572. The standard InChI is InChI=1S/C15H21NO5/c1-15(20,9-14(18)19)10-16-13(17)8-5-11-3-6-12(21-2)7-4-11/h3-4,6-7,20H,5,8-10H2,1-2H3,(H,16,17)(H,18,19). The van der Waals surface area contributed by atoms with E-state index in [4.69, 9.17) is 9.84 Å². The number of aliphatic hydroxyl groups is 1. The molecule has 0 radical (unpaired) electrons. The van der Waals surface area contributed by atoms with Crippen LogP contribution in [0.3, 0.4) is 0 Å². The molecule has 0 fully saturated rings. The van der Waals surface area contributed by atoms with E-state index in [9.17, 15) is 14.7 Å². The maximum absolute atomic E-state index is 11.7. The van der Waals surface area contributed by atoms with Gasteiger partial charge in [0.15, 0.2) is 0 Å². The van der Waals surface area contributed by atoms with Crippen LogP contribution in [0.4, 0.5) is 0 Å². The number of ether oxygens (including phenoxy) is 1. The summed E-state index contributed by atoms with van der Waals surface area (Å²) in [6.45, 7) is 1.30. The molecule has 6 heteroatoms. The number of hydrogen-bond donors (Lipinski definition) is 3. The summed E-state index contributed by atoms with van der Waals surface area (Å²) in [7, 11) is 1.59. The number of carboxylic acids is 1. The third kappa shape index (κ3) is 6.76. The molecule has 3 N–H and O–H groups in total. The van der Waals surface area contributed by atoms with Gasteiger partial charge in [-0.25, -0.2) is 0 Å². The van der Waals surface area contributed by atoms with Crippen molar-refractivity contribution in [1.29, 1.82) is 0 Å². The van der Waals surface area contributed by atoms with Gasteiger partial charge in [0.2, 0.25) is 5.91 Å². The highest BCUT2D eigenvalue weighted by Crippen LogP contribution is 2.12. The highest BCUT2D eigenvalue weighted by Gasteiger charge is 2.24. The van der Waals surface area contributed by atoms with Gasteiger partial charge in [-0.2, -0.15) is 0 Å². The molecule has 0 spiro atoms. The summed E-state index contributed by atoms with van der Waals surface area (Å²) in [6.07, 6.45) is 0.429. The van der Waals surface area contributed by atoms with Crippen LogP contribution in [0.15, 0.2) is 24.3 Å². The lowest BCUT2D eigenvalue weighted by molar-refractivity contribution is -0.142. The van der Waals surface area contributed by atoms with Crippen LogP contribution in [0.2, 0.25) is 0 Å². The fourth-order valence-corrected chi connectivity index (χ4v) is 1.82. The number of hydrogen-bond acceptors (Lipinski definition) is 4. The first-order chi connectivity index (χ1) is 9.82. The van der Waals surface area contributed by atoms with E-state index >= 15 is 0 Å². The van der Waals surface area contributed by atoms with Crippen molar-refractivity contribution in [3.05, 3.63) is 29.8 Å². The molecule has 21 heavy (non-hydrogen) atoms. The normalized spacial score (nSPS) is 13.3. The number of benzene rings is 1. The van der Waals surface area contributed by atoms with E-state index in [0.29, 0.717) is 6.42 Å². The molecule has 0 aliphatic rings. The summed E-state index contributed by atoms with van der Waals surface area (Å²) in [5, 5.41) is 20.9. The Morgan fingerprint density at radius 2 is 1.90 bits per heavy atom. The molecular formula is C15H21NO5. The lowest BCUT2D eigenvalue weighted by Crippen LogP contribution is -2.42. The molecule has 0 aliphatic carbocycles. The van der Waals surface area contributed by atoms with Crippen molar-refractivity contribution >= 4 is 11.9 Å². The molecule has 0 bridgehead atoms. The van der Waals surface area contributed by atoms with Gasteiger partial charge >= 0.3 is 5.97 Å². The van der Waals surface area contributed by atoms with Crippen molar-refractivity contribution in [2.24, 2.45) is 0 Å². The van der Waals surface area contributed by atoms with Crippen molar-refractivity contribution in [2.75, 3.05) is 13.7 Å². The Kier molecular flexibility index (Phi) is 6.17. The second-order valence-corrected chi connectivity index (χ2v) is 5.19. The van der Waals surface area contributed by atoms with Crippen LogP contribution >= 0.6 is 0 Å². The zero-order chi connectivity index (χ0) is 15.9. The van der Waals surface area contributed by atoms with Crippen molar-refractivity contribution in [3.8, 4) is 5.75 Å². The largest absolute Gasteiger partial charge is 0.497 e. The summed E-state index contributed by atoms with van der Waals surface area (Å²) < 4.78 is 5.05. The third-order valence-electron chi connectivity index (χ3n) is 3.00. The smallest absolute Gasteiger partial charge is 0.306 e. The zero-order valence-corrected chi connectivity index (χ0v) is 12.3. The number of carbonyl (C=O) groups is 2. The summed E-state index contributed by atoms with van der Waals surface area (Å²) in [6, 6.07) is 7.41. The average Bonchev–Trinajstić information content (AvgIpc) is 2.42. The fraction of sp³-hybridized carbons (Fsp3) is 0.467. The SMILES string of the molecule is COc1ccc(CCC(=O)NCC(C)(O)CC(=O)O)cc1. The molecule has 116 valence electrons. The monoisotopic (exact) mass is 295 g/mol. The van der Waals surface area contributed by atoms with E-state index < -0.39 is 18.0 Å². The number of methoxy groups -OCH3 is 1. The number of carbonyl (C=O) groups excluding carboxylic acids is 1. The van der Waals surface area contributed by atoms with Gasteiger partial charge in [-0.05, 0) is 31.0 Å². The molecule has 0 aromatic heterocycles. The first-order valence-corrected chi connectivity index (χ1v) is 6.66. The number of rotatable bonds is 8. The maximum atomic E-state index is 11.7. The van der Waals surface area contributed by atoms with Crippen LogP contribution in [0, 0.1) is 0 Å². The van der Waals surface area contributed by atoms with Gasteiger partial charge in [0.05, 0.1) is 19.1 Å². The maximum Gasteiger partial charge on any atom is 0.306 e. The average molecular weight is 295 g/mol. The van der Waals surface area contributed by atoms with Gasteiger partial charge in [0.1, 0.15) is 5.75 Å². The van der Waals surface area contributed by atoms with Gasteiger partial charge in [-0.15, -0.1) is 0 Å². The predicted octanol–water partition coefficient (Wildman–Crippen LogP) is 0.970. The molecule has 1 rings (SSSR count). The Labute approximate surface area is 123 Å². The highest BCUT2D eigenvalue weighted by molar-refractivity contribution is 5.76. The predicted molar refractivity (Wildman–Crippen MR) is 77.2 cm³/mol. The van der Waals surface area contributed by atoms with Crippen LogP contribution in [0.1, 0.15) is 25.3 Å². The van der Waals surface area contributed by atoms with Crippen molar-refractivity contribution in [2.45, 2.75) is 31.8 Å². The fourth-order valence-electron chi connectivity index (χ4n) is 1.82. The number of nitrogens with one attached hydrogen (secondary N) is 1. The molecule has 1 atom stereocenters. The Balaban J connectivity index is 2.35. The third-order valence-corrected chi connectivity index (χ3v) is 3.00. The lowest BCUT2D eigenvalue weighted by Gasteiger charge is -2.21. The highest BCUT2D eigenvalue weighted by atomic mass is 16.5. The van der Waals surface area contributed by atoms with Crippen LogP contribution in [-0.4, -0.2) is 41.3 Å². The number of amides is 1. The Bertz CT molecular complexity index is 481. The molecule has 0 saturated carbocycles. The van der Waals surface area contributed by atoms with Gasteiger partial charge in [0.25, 0.3) is 0 Å². The molecule has 1 unspecified atom stereocenters. The van der Waals surface area contributed by atoms with Gasteiger partial charge in [-0.3, -0.25) is 9.59 Å². The molecule has 0 heterocycles. The van der Waals surface area contributed by atoms with Gasteiger partial charge in [0, 0.05) is 13.0 Å². The van der Waals surface area contributed by atoms with E-state index in [2.05, 4.69) is 5.32 Å². The Hall–Kier alpha value is -2.08. The number of aryl methyl sites for hydroxylation is 1. The second kappa shape index (κ2) is 7.64. The van der Waals surface area contributed by atoms with E-state index in [1.807, 2.05) is 24.3 Å². The summed E-state index contributed by atoms with van der Waals surface area (Å²) in [4.78, 5) is 22.2. The van der Waals surface area contributed by atoms with Crippen LogP contribution < -0.4 is 10.1 Å². The van der Waals surface area contributed by atoms with E-state index in [0.717, 1.165) is 11.3 Å². The van der Waals surface area contributed by atoms with Crippen molar-refractivity contribution < 1.29 is 24.5 Å². The summed E-state index contributed by atoms with van der Waals surface area (Å²) >= 11 is 0. The molecule has 0 aliphatic heterocycles. The first-order valence-electron chi connectivity index (χ1n) is 6.66. The molecule has 0 saturated heterocycles. The first kappa shape index (κ1) is 17.0. The quantitative estimate of drug-likeness (QED) is 0.664. The van der Waals surface area contributed by atoms with E-state index in [-0.39, 0.29) is 18.9 Å². The van der Waals surface area contributed by atoms with Crippen LogP contribution in [0.5, 0.6) is 5.75 Å². The number of aliphatic carboxylic acids is 1. The minimum absolute atomic E-state index is 0.0826. The van der Waals surface area contributed by atoms with Crippen LogP contribution in [-0.2, 0) is 16.0 Å². The topological polar surface area (TPSA) is 95.9 Å². The molecule has 6 nitrogen and oxygen atoms in total. The molecule has 1 amide bonds. The van der Waals surface area contributed by atoms with Gasteiger partial charge in [-0.1, -0.05) is 12.1 Å². The Morgan fingerprint density at radius 3 is 2.43 bits per heavy atom. The van der Waals surface area contributed by atoms with Gasteiger partial charge < -0.3 is 20.3 Å². The summed E-state index contributed by atoms with van der Waals surface area (Å²) in [5.41, 5.74) is -0.440. The molecular weight excluding hydrogens is 274 g/mol. The van der Waals surface area contributed by atoms with E-state index in [1.54, 1.807) is 7.11 Å². The van der Waals surface area contributed by atoms with E-state index in [1.165, 1.54) is 6.92 Å². The van der Waals surface area contributed by atoms with Crippen molar-refractivity contribution in [3.63, 3.8) is 0 Å². The van der Waals surface area contributed by atoms with Crippen molar-refractivity contribution in [1.82, 2.24) is 5.32 Å². The Morgan fingerprint density at radius 1 is 1.29 bits per heavy atom. The lowest BCUT2D eigenvalue weighted by atomic mass is 10.0. The molecule has 1 aromatic carbocycles. The minimum Gasteiger partial charge on any atom is -0.497 e. The minimum atomic E-state index is -1.44. The zero-order valence-electron chi connectivity index (χ0n) is 12.3. The van der Waals surface area contributed by atoms with Crippen LogP contribution in [0.25, 0.3) is 0 Å².